The second kappa shape index (κ2) is 9.69. The Morgan fingerprint density at radius 3 is 2.72 bits per heavy atom. The molecule has 0 aliphatic carbocycles. The minimum Gasteiger partial charge on any atom is -0.492 e. The van der Waals surface area contributed by atoms with Gasteiger partial charge < -0.3 is 10.1 Å². The lowest BCUT2D eigenvalue weighted by atomic mass is 9.99. The van der Waals surface area contributed by atoms with Crippen molar-refractivity contribution in [1.29, 1.82) is 0 Å². The zero-order chi connectivity index (χ0) is 20.9. The van der Waals surface area contributed by atoms with Crippen LogP contribution < -0.4 is 10.1 Å². The van der Waals surface area contributed by atoms with Crippen molar-refractivity contribution in [1.82, 2.24) is 9.62 Å². The zero-order valence-electron chi connectivity index (χ0n) is 15.7. The van der Waals surface area contributed by atoms with E-state index < -0.39 is 21.8 Å². The number of rotatable bonds is 7. The quantitative estimate of drug-likeness (QED) is 0.612. The summed E-state index contributed by atoms with van der Waals surface area (Å²) in [6.45, 7) is 1.09. The maximum absolute atomic E-state index is 13.1. The number of hydrogen-bond acceptors (Lipinski definition) is 4. The fourth-order valence-electron chi connectivity index (χ4n) is 3.17. The lowest BCUT2D eigenvalue weighted by Crippen LogP contribution is -2.45. The first-order chi connectivity index (χ1) is 13.9. The highest BCUT2D eigenvalue weighted by atomic mass is 79.9. The molecule has 1 amide bonds. The second-order valence-corrected chi connectivity index (χ2v) is 9.61. The molecular weight excluding hydrogens is 463 g/mol. The summed E-state index contributed by atoms with van der Waals surface area (Å²) in [5, 5.41) is 2.81. The Hall–Kier alpha value is -1.97. The van der Waals surface area contributed by atoms with Crippen molar-refractivity contribution >= 4 is 31.9 Å². The van der Waals surface area contributed by atoms with Gasteiger partial charge in [-0.05, 0) is 55.3 Å². The molecule has 1 aliphatic heterocycles. The number of hydrogen-bond donors (Lipinski definition) is 1. The van der Waals surface area contributed by atoms with E-state index in [1.807, 2.05) is 24.3 Å². The summed E-state index contributed by atoms with van der Waals surface area (Å²) in [6, 6.07) is 12.1. The number of halogens is 2. The Balaban J connectivity index is 1.51. The largest absolute Gasteiger partial charge is 0.492 e. The van der Waals surface area contributed by atoms with E-state index in [9.17, 15) is 17.6 Å². The highest BCUT2D eigenvalue weighted by Gasteiger charge is 2.33. The lowest BCUT2D eigenvalue weighted by Gasteiger charge is -2.31. The molecule has 29 heavy (non-hydrogen) atoms. The van der Waals surface area contributed by atoms with Crippen molar-refractivity contribution in [3.63, 3.8) is 0 Å². The van der Waals surface area contributed by atoms with E-state index in [4.69, 9.17) is 4.74 Å². The predicted molar refractivity (Wildman–Crippen MR) is 111 cm³/mol. The standard InChI is InChI=1S/C20H22BrFN2O4S/c21-16-4-1-5-18(13-16)28-12-10-23-20(25)15-3-2-11-24(14-15)29(26,27)19-8-6-17(22)7-9-19/h1,4-9,13,15H,2-3,10-12,14H2,(H,23,25). The average molecular weight is 485 g/mol. The van der Waals surface area contributed by atoms with Crippen LogP contribution in [0.3, 0.4) is 0 Å². The maximum atomic E-state index is 13.1. The summed E-state index contributed by atoms with van der Waals surface area (Å²) in [5.41, 5.74) is 0. The van der Waals surface area contributed by atoms with Crippen molar-refractivity contribution in [3.05, 3.63) is 58.8 Å². The number of ether oxygens (including phenoxy) is 1. The molecule has 0 bridgehead atoms. The van der Waals surface area contributed by atoms with Gasteiger partial charge in [0.15, 0.2) is 0 Å². The number of piperidine rings is 1. The van der Waals surface area contributed by atoms with Gasteiger partial charge in [0.1, 0.15) is 18.2 Å². The number of benzene rings is 2. The van der Waals surface area contributed by atoms with E-state index >= 15 is 0 Å². The van der Waals surface area contributed by atoms with Gasteiger partial charge in [0.25, 0.3) is 0 Å². The van der Waals surface area contributed by atoms with E-state index in [0.29, 0.717) is 38.3 Å². The van der Waals surface area contributed by atoms with Crippen molar-refractivity contribution in [2.45, 2.75) is 17.7 Å². The van der Waals surface area contributed by atoms with Crippen molar-refractivity contribution < 1.29 is 22.3 Å². The topological polar surface area (TPSA) is 75.7 Å². The SMILES string of the molecule is O=C(NCCOc1cccc(Br)c1)C1CCCN(S(=O)(=O)c2ccc(F)cc2)C1. The minimum atomic E-state index is -3.75. The van der Waals surface area contributed by atoms with Gasteiger partial charge >= 0.3 is 0 Å². The Bertz CT molecular complexity index is 953. The first-order valence-electron chi connectivity index (χ1n) is 9.28. The minimum absolute atomic E-state index is 0.0300. The molecule has 6 nitrogen and oxygen atoms in total. The number of amides is 1. The Morgan fingerprint density at radius 1 is 1.24 bits per heavy atom. The smallest absolute Gasteiger partial charge is 0.243 e. The summed E-state index contributed by atoms with van der Waals surface area (Å²) in [7, 11) is -3.75. The fourth-order valence-corrected chi connectivity index (χ4v) is 5.08. The lowest BCUT2D eigenvalue weighted by molar-refractivity contribution is -0.126. The van der Waals surface area contributed by atoms with Crippen LogP contribution in [0.25, 0.3) is 0 Å². The maximum Gasteiger partial charge on any atom is 0.243 e. The molecule has 1 fully saturated rings. The van der Waals surface area contributed by atoms with Crippen molar-refractivity contribution in [2.24, 2.45) is 5.92 Å². The molecule has 2 aromatic carbocycles. The molecule has 3 rings (SSSR count). The highest BCUT2D eigenvalue weighted by molar-refractivity contribution is 9.10. The number of sulfonamides is 1. The molecule has 1 N–H and O–H groups in total. The van der Waals surface area contributed by atoms with Crippen LogP contribution in [0, 0.1) is 11.7 Å². The zero-order valence-corrected chi connectivity index (χ0v) is 18.1. The summed E-state index contributed by atoms with van der Waals surface area (Å²) in [5.74, 6) is -0.417. The number of nitrogens with one attached hydrogen (secondary N) is 1. The van der Waals surface area contributed by atoms with Crippen LogP contribution in [-0.2, 0) is 14.8 Å². The van der Waals surface area contributed by atoms with E-state index in [0.717, 1.165) is 16.6 Å². The van der Waals surface area contributed by atoms with Crippen LogP contribution in [0.4, 0.5) is 4.39 Å². The molecule has 1 aliphatic rings. The molecule has 1 saturated heterocycles. The van der Waals surface area contributed by atoms with Gasteiger partial charge in [-0.2, -0.15) is 4.31 Å². The molecule has 156 valence electrons. The van der Waals surface area contributed by atoms with Crippen molar-refractivity contribution in [2.75, 3.05) is 26.2 Å². The Morgan fingerprint density at radius 2 is 2.00 bits per heavy atom. The van der Waals surface area contributed by atoms with Gasteiger partial charge in [-0.3, -0.25) is 4.79 Å². The molecule has 2 aromatic rings. The molecule has 1 atom stereocenters. The van der Waals surface area contributed by atoms with Crippen LogP contribution in [0.2, 0.25) is 0 Å². The van der Waals surface area contributed by atoms with Gasteiger partial charge in [-0.1, -0.05) is 22.0 Å². The highest BCUT2D eigenvalue weighted by Crippen LogP contribution is 2.24. The van der Waals surface area contributed by atoms with Gasteiger partial charge in [0.05, 0.1) is 17.4 Å². The summed E-state index contributed by atoms with van der Waals surface area (Å²) in [6.07, 6.45) is 1.21. The van der Waals surface area contributed by atoms with Crippen LogP contribution in [0.15, 0.2) is 57.9 Å². The van der Waals surface area contributed by atoms with Gasteiger partial charge in [-0.25, -0.2) is 12.8 Å². The summed E-state index contributed by atoms with van der Waals surface area (Å²) >= 11 is 3.37. The van der Waals surface area contributed by atoms with E-state index in [-0.39, 0.29) is 17.3 Å². The first kappa shape index (κ1) is 21.7. The first-order valence-corrected chi connectivity index (χ1v) is 11.5. The number of carbonyl (C=O) groups is 1. The van der Waals surface area contributed by atoms with E-state index in [1.165, 1.54) is 16.4 Å². The van der Waals surface area contributed by atoms with Gasteiger partial charge in [0, 0.05) is 17.6 Å². The number of carbonyl (C=O) groups excluding carboxylic acids is 1. The molecule has 1 unspecified atom stereocenters. The van der Waals surface area contributed by atoms with Crippen LogP contribution in [-0.4, -0.2) is 44.9 Å². The normalized spacial score (nSPS) is 17.7. The van der Waals surface area contributed by atoms with Crippen LogP contribution in [0.5, 0.6) is 5.75 Å². The molecule has 0 saturated carbocycles. The molecule has 0 spiro atoms. The van der Waals surface area contributed by atoms with E-state index in [2.05, 4.69) is 21.2 Å². The third-order valence-electron chi connectivity index (χ3n) is 4.67. The Labute approximate surface area is 178 Å². The molecule has 1 heterocycles. The molecule has 0 radical (unpaired) electrons. The van der Waals surface area contributed by atoms with Crippen LogP contribution in [0.1, 0.15) is 12.8 Å². The predicted octanol–water partition coefficient (Wildman–Crippen LogP) is 3.18. The third kappa shape index (κ3) is 5.77. The average Bonchev–Trinajstić information content (AvgIpc) is 2.71. The van der Waals surface area contributed by atoms with Gasteiger partial charge in [0.2, 0.25) is 15.9 Å². The molecule has 0 aromatic heterocycles. The summed E-state index contributed by atoms with van der Waals surface area (Å²) < 4.78 is 46.4. The monoisotopic (exact) mass is 484 g/mol. The van der Waals surface area contributed by atoms with Gasteiger partial charge in [-0.15, -0.1) is 0 Å². The van der Waals surface area contributed by atoms with Crippen molar-refractivity contribution in [3.8, 4) is 5.75 Å². The number of nitrogens with zero attached hydrogens (tertiary/aromatic N) is 1. The van der Waals surface area contributed by atoms with Crippen LogP contribution >= 0.6 is 15.9 Å². The summed E-state index contributed by atoms with van der Waals surface area (Å²) in [4.78, 5) is 12.5. The van der Waals surface area contributed by atoms with E-state index in [1.54, 1.807) is 0 Å². The fraction of sp³-hybridized carbons (Fsp3) is 0.350. The Kier molecular flexibility index (Phi) is 7.26. The third-order valence-corrected chi connectivity index (χ3v) is 7.05. The molecular formula is C20H22BrFN2O4S. The second-order valence-electron chi connectivity index (χ2n) is 6.75. The molecule has 9 heteroatoms.